The Labute approximate surface area is 182 Å². The van der Waals surface area contributed by atoms with Crippen LogP contribution in [0.1, 0.15) is 29.7 Å². The lowest BCUT2D eigenvalue weighted by Crippen LogP contribution is -2.31. The van der Waals surface area contributed by atoms with Crippen molar-refractivity contribution in [2.24, 2.45) is 0 Å². The molecule has 0 radical (unpaired) electrons. The molecule has 0 saturated heterocycles. The summed E-state index contributed by atoms with van der Waals surface area (Å²) in [5.74, 6) is -1.50. The first kappa shape index (κ1) is 23.8. The fourth-order valence-corrected chi connectivity index (χ4v) is 3.25. The number of rotatable bonds is 12. The summed E-state index contributed by atoms with van der Waals surface area (Å²) < 4.78 is 1.67. The number of carbonyl (C=O) groups excluding carboxylic acids is 2. The number of carboxylic acids is 1. The van der Waals surface area contributed by atoms with Crippen molar-refractivity contribution in [3.05, 3.63) is 68.4 Å². The number of aliphatic carboxylic acids is 1. The van der Waals surface area contributed by atoms with Gasteiger partial charge in [0.1, 0.15) is 0 Å². The number of imide groups is 1. The molecule has 31 heavy (non-hydrogen) atoms. The van der Waals surface area contributed by atoms with Crippen molar-refractivity contribution in [2.75, 3.05) is 12.8 Å². The molecule has 0 aliphatic carbocycles. The fourth-order valence-electron chi connectivity index (χ4n) is 2.72. The highest BCUT2D eigenvalue weighted by Gasteiger charge is 2.18. The maximum absolute atomic E-state index is 12.6. The Morgan fingerprint density at radius 3 is 2.52 bits per heavy atom. The molecule has 11 heteroatoms. The molecule has 1 N–H and O–H groups in total. The van der Waals surface area contributed by atoms with E-state index >= 15 is 0 Å². The Balaban J connectivity index is 2.05. The van der Waals surface area contributed by atoms with E-state index in [-0.39, 0.29) is 30.9 Å². The number of thioether (sulfide) groups is 1. The van der Waals surface area contributed by atoms with Gasteiger partial charge in [-0.05, 0) is 30.4 Å². The second-order valence-electron chi connectivity index (χ2n) is 6.56. The van der Waals surface area contributed by atoms with Gasteiger partial charge in [-0.1, -0.05) is 24.3 Å². The summed E-state index contributed by atoms with van der Waals surface area (Å²) in [6, 6.07) is 8.72. The Kier molecular flexibility index (Phi) is 8.94. The van der Waals surface area contributed by atoms with Gasteiger partial charge in [-0.25, -0.2) is 0 Å². The molecule has 2 amide bonds. The van der Waals surface area contributed by atoms with Crippen molar-refractivity contribution >= 4 is 36.1 Å². The molecular formula is C20H22N4O6S. The third-order valence-corrected chi connectivity index (χ3v) is 4.96. The predicted octanol–water partition coefficient (Wildman–Crippen LogP) is 2.26. The van der Waals surface area contributed by atoms with Crippen LogP contribution in [-0.2, 0) is 27.5 Å². The SMILES string of the molecule is CS/C(=C\c1ccn(Cc2ccc(C[N+](=O)[O-])cc2)n1)C(=O)N(C=O)CCCC(=O)O. The normalized spacial score (nSPS) is 11.2. The Morgan fingerprint density at radius 2 is 1.94 bits per heavy atom. The Morgan fingerprint density at radius 1 is 1.26 bits per heavy atom. The summed E-state index contributed by atoms with van der Waals surface area (Å²) in [4.78, 5) is 45.9. The standard InChI is InChI=1S/C20H22N4O6S/c1-31-18(20(28)22(14-25)9-2-3-19(26)27)11-17-8-10-23(21-17)12-15-4-6-16(7-5-15)13-24(29)30/h4-8,10-11,14H,2-3,9,12-13H2,1H3,(H,26,27)/b18-11-. The largest absolute Gasteiger partial charge is 0.481 e. The number of nitro groups is 1. The maximum atomic E-state index is 12.6. The monoisotopic (exact) mass is 446 g/mol. The van der Waals surface area contributed by atoms with E-state index in [4.69, 9.17) is 5.11 Å². The Hall–Kier alpha value is -3.47. The number of carbonyl (C=O) groups is 3. The van der Waals surface area contributed by atoms with Crippen LogP contribution in [0.5, 0.6) is 0 Å². The fraction of sp³-hybridized carbons (Fsp3) is 0.300. The zero-order chi connectivity index (χ0) is 22.8. The van der Waals surface area contributed by atoms with Crippen LogP contribution >= 0.6 is 11.8 Å². The van der Waals surface area contributed by atoms with Crippen molar-refractivity contribution in [3.63, 3.8) is 0 Å². The second-order valence-corrected chi connectivity index (χ2v) is 7.41. The number of aromatic nitrogens is 2. The van der Waals surface area contributed by atoms with Crippen molar-refractivity contribution < 1.29 is 24.4 Å². The van der Waals surface area contributed by atoms with Gasteiger partial charge in [-0.2, -0.15) is 5.10 Å². The molecule has 0 aliphatic rings. The topological polar surface area (TPSA) is 136 Å². The molecule has 0 atom stereocenters. The lowest BCUT2D eigenvalue weighted by Gasteiger charge is -2.15. The number of hydrogen-bond acceptors (Lipinski definition) is 7. The van der Waals surface area contributed by atoms with E-state index in [0.717, 1.165) is 10.5 Å². The lowest BCUT2D eigenvalue weighted by atomic mass is 10.1. The van der Waals surface area contributed by atoms with Gasteiger partial charge in [0, 0.05) is 29.6 Å². The summed E-state index contributed by atoms with van der Waals surface area (Å²) >= 11 is 1.17. The highest BCUT2D eigenvalue weighted by Crippen LogP contribution is 2.19. The second kappa shape index (κ2) is 11.6. The van der Waals surface area contributed by atoms with Crippen LogP contribution < -0.4 is 0 Å². The van der Waals surface area contributed by atoms with Gasteiger partial charge in [-0.15, -0.1) is 11.8 Å². The number of nitrogens with zero attached hydrogens (tertiary/aromatic N) is 4. The minimum Gasteiger partial charge on any atom is -0.481 e. The zero-order valence-corrected chi connectivity index (χ0v) is 17.7. The van der Waals surface area contributed by atoms with Crippen LogP contribution in [-0.4, -0.2) is 55.8 Å². The van der Waals surface area contributed by atoms with E-state index < -0.39 is 11.9 Å². The van der Waals surface area contributed by atoms with Crippen LogP contribution in [0.15, 0.2) is 41.4 Å². The van der Waals surface area contributed by atoms with E-state index in [1.165, 1.54) is 11.8 Å². The van der Waals surface area contributed by atoms with Gasteiger partial charge in [-0.3, -0.25) is 34.1 Å². The van der Waals surface area contributed by atoms with Crippen LogP contribution in [0, 0.1) is 10.1 Å². The van der Waals surface area contributed by atoms with Crippen LogP contribution in [0.25, 0.3) is 6.08 Å². The van der Waals surface area contributed by atoms with Gasteiger partial charge in [0.05, 0.1) is 17.1 Å². The summed E-state index contributed by atoms with van der Waals surface area (Å²) in [6.07, 6.45) is 5.45. The van der Waals surface area contributed by atoms with E-state index in [9.17, 15) is 24.5 Å². The molecule has 10 nitrogen and oxygen atoms in total. The van der Waals surface area contributed by atoms with Crippen LogP contribution in [0.2, 0.25) is 0 Å². The predicted molar refractivity (Wildman–Crippen MR) is 115 cm³/mol. The average Bonchev–Trinajstić information content (AvgIpc) is 3.16. The van der Waals surface area contributed by atoms with Crippen molar-refractivity contribution in [2.45, 2.75) is 25.9 Å². The minimum atomic E-state index is -0.989. The molecule has 2 aromatic rings. The molecule has 0 fully saturated rings. The third kappa shape index (κ3) is 7.70. The first-order valence-corrected chi connectivity index (χ1v) is 10.5. The summed E-state index contributed by atoms with van der Waals surface area (Å²) in [5, 5.41) is 23.7. The minimum absolute atomic E-state index is 0.0212. The molecule has 164 valence electrons. The molecule has 0 bridgehead atoms. The molecule has 1 aromatic carbocycles. The van der Waals surface area contributed by atoms with Crippen molar-refractivity contribution in [3.8, 4) is 0 Å². The van der Waals surface area contributed by atoms with Gasteiger partial charge in [0.2, 0.25) is 13.0 Å². The van der Waals surface area contributed by atoms with E-state index in [2.05, 4.69) is 5.10 Å². The number of hydrogen-bond donors (Lipinski definition) is 1. The van der Waals surface area contributed by atoms with Crippen molar-refractivity contribution in [1.82, 2.24) is 14.7 Å². The van der Waals surface area contributed by atoms with E-state index in [1.807, 2.05) is 0 Å². The van der Waals surface area contributed by atoms with E-state index in [0.29, 0.717) is 29.1 Å². The number of amides is 2. The molecule has 0 spiro atoms. The van der Waals surface area contributed by atoms with Crippen molar-refractivity contribution in [1.29, 1.82) is 0 Å². The molecule has 0 saturated carbocycles. The lowest BCUT2D eigenvalue weighted by molar-refractivity contribution is -0.496. The van der Waals surface area contributed by atoms with Gasteiger partial charge >= 0.3 is 5.97 Å². The Bertz CT molecular complexity index is 970. The van der Waals surface area contributed by atoms with E-state index in [1.54, 1.807) is 53.5 Å². The molecular weight excluding hydrogens is 424 g/mol. The molecule has 2 rings (SSSR count). The average molecular weight is 446 g/mol. The highest BCUT2D eigenvalue weighted by molar-refractivity contribution is 8.03. The molecule has 1 heterocycles. The smallest absolute Gasteiger partial charge is 0.303 e. The molecule has 0 unspecified atom stereocenters. The third-order valence-electron chi connectivity index (χ3n) is 4.23. The van der Waals surface area contributed by atoms with Gasteiger partial charge in [0.15, 0.2) is 0 Å². The summed E-state index contributed by atoms with van der Waals surface area (Å²) in [5.41, 5.74) is 2.06. The molecule has 0 aliphatic heterocycles. The van der Waals surface area contributed by atoms with Crippen LogP contribution in [0.3, 0.4) is 0 Å². The van der Waals surface area contributed by atoms with Gasteiger partial charge < -0.3 is 5.11 Å². The number of benzene rings is 1. The quantitative estimate of drug-likeness (QED) is 0.227. The first-order chi connectivity index (χ1) is 14.8. The van der Waals surface area contributed by atoms with Gasteiger partial charge in [0.25, 0.3) is 5.91 Å². The van der Waals surface area contributed by atoms with Crippen LogP contribution in [0.4, 0.5) is 0 Å². The zero-order valence-electron chi connectivity index (χ0n) is 16.8. The summed E-state index contributed by atoms with van der Waals surface area (Å²) in [6.45, 7) is 0.245. The maximum Gasteiger partial charge on any atom is 0.303 e. The summed E-state index contributed by atoms with van der Waals surface area (Å²) in [7, 11) is 0. The molecule has 1 aromatic heterocycles. The number of carboxylic acid groups (broad SMARTS) is 1. The first-order valence-electron chi connectivity index (χ1n) is 9.29. The highest BCUT2D eigenvalue weighted by atomic mass is 32.2.